The predicted molar refractivity (Wildman–Crippen MR) is 76.6 cm³/mol. The molecule has 0 spiro atoms. The van der Waals surface area contributed by atoms with Gasteiger partial charge in [0, 0.05) is 20.0 Å². The molecule has 2 aromatic rings. The minimum absolute atomic E-state index is 0.117. The van der Waals surface area contributed by atoms with E-state index in [1.807, 2.05) is 11.0 Å². The fraction of sp³-hybridized carbons (Fsp3) is 0.385. The molecule has 110 valence electrons. The van der Waals surface area contributed by atoms with Crippen LogP contribution >= 0.6 is 0 Å². The summed E-state index contributed by atoms with van der Waals surface area (Å²) in [6.45, 7) is 4.07. The monoisotopic (exact) mass is 289 g/mol. The standard InChI is InChI=1S/C13H15N5O3/c1-9(19)15-10-8-14-11-2-3-12(16-18(11)13(10)20)17-4-6-21-7-5-17/h2-3,8H,4-7H2,1H3,(H,15,19). The SMILES string of the molecule is CC(=O)Nc1cnc2ccc(N3CCOCC3)nn2c1=O. The molecule has 0 bridgehead atoms. The predicted octanol–water partition coefficient (Wildman–Crippen LogP) is -0.116. The van der Waals surface area contributed by atoms with E-state index in [9.17, 15) is 9.59 Å². The van der Waals surface area contributed by atoms with Gasteiger partial charge in [-0.15, -0.1) is 5.10 Å². The third kappa shape index (κ3) is 2.70. The first-order valence-electron chi connectivity index (χ1n) is 6.64. The number of amides is 1. The van der Waals surface area contributed by atoms with Crippen molar-refractivity contribution in [3.63, 3.8) is 0 Å². The summed E-state index contributed by atoms with van der Waals surface area (Å²) in [5, 5.41) is 6.78. The molecule has 1 amide bonds. The molecule has 0 radical (unpaired) electrons. The van der Waals surface area contributed by atoms with Crippen LogP contribution in [0.4, 0.5) is 11.5 Å². The van der Waals surface area contributed by atoms with Gasteiger partial charge >= 0.3 is 0 Å². The van der Waals surface area contributed by atoms with E-state index in [2.05, 4.69) is 15.4 Å². The van der Waals surface area contributed by atoms with E-state index in [0.717, 1.165) is 13.1 Å². The van der Waals surface area contributed by atoms with Gasteiger partial charge in [-0.05, 0) is 12.1 Å². The van der Waals surface area contributed by atoms with Crippen molar-refractivity contribution >= 4 is 23.1 Å². The zero-order valence-electron chi connectivity index (χ0n) is 11.6. The van der Waals surface area contributed by atoms with E-state index in [1.54, 1.807) is 6.07 Å². The van der Waals surface area contributed by atoms with Crippen LogP contribution in [-0.2, 0) is 9.53 Å². The van der Waals surface area contributed by atoms with E-state index < -0.39 is 5.56 Å². The second-order valence-corrected chi connectivity index (χ2v) is 4.72. The maximum Gasteiger partial charge on any atom is 0.298 e. The van der Waals surface area contributed by atoms with Gasteiger partial charge < -0.3 is 15.0 Å². The molecular weight excluding hydrogens is 274 g/mol. The van der Waals surface area contributed by atoms with Gasteiger partial charge in [-0.2, -0.15) is 4.52 Å². The maximum absolute atomic E-state index is 12.3. The highest BCUT2D eigenvalue weighted by atomic mass is 16.5. The zero-order chi connectivity index (χ0) is 14.8. The Morgan fingerprint density at radius 1 is 1.33 bits per heavy atom. The number of hydrogen-bond acceptors (Lipinski definition) is 6. The van der Waals surface area contributed by atoms with Crippen LogP contribution in [0.1, 0.15) is 6.92 Å². The number of fused-ring (bicyclic) bond motifs is 1. The number of carbonyl (C=O) groups is 1. The summed E-state index contributed by atoms with van der Waals surface area (Å²) in [6, 6.07) is 3.56. The van der Waals surface area contributed by atoms with Gasteiger partial charge in [-0.3, -0.25) is 9.59 Å². The Balaban J connectivity index is 2.04. The Kier molecular flexibility index (Phi) is 3.53. The van der Waals surface area contributed by atoms with E-state index in [0.29, 0.717) is 24.7 Å². The van der Waals surface area contributed by atoms with Crippen molar-refractivity contribution in [2.24, 2.45) is 0 Å². The molecule has 0 saturated carbocycles. The second kappa shape index (κ2) is 5.49. The number of morpholine rings is 1. The highest BCUT2D eigenvalue weighted by Gasteiger charge is 2.14. The van der Waals surface area contributed by atoms with E-state index >= 15 is 0 Å². The topological polar surface area (TPSA) is 88.8 Å². The van der Waals surface area contributed by atoms with Crippen molar-refractivity contribution in [2.75, 3.05) is 36.5 Å². The van der Waals surface area contributed by atoms with Crippen LogP contribution in [0.5, 0.6) is 0 Å². The largest absolute Gasteiger partial charge is 0.378 e. The van der Waals surface area contributed by atoms with Gasteiger partial charge in [-0.1, -0.05) is 0 Å². The Labute approximate surface area is 120 Å². The minimum atomic E-state index is -0.398. The minimum Gasteiger partial charge on any atom is -0.378 e. The lowest BCUT2D eigenvalue weighted by atomic mass is 10.4. The average molecular weight is 289 g/mol. The molecule has 8 heteroatoms. The summed E-state index contributed by atoms with van der Waals surface area (Å²) >= 11 is 0. The van der Waals surface area contributed by atoms with Gasteiger partial charge in [0.15, 0.2) is 5.65 Å². The number of rotatable bonds is 2. The molecule has 3 heterocycles. The Hall–Kier alpha value is -2.48. The van der Waals surface area contributed by atoms with Crippen molar-refractivity contribution in [2.45, 2.75) is 6.92 Å². The third-order valence-corrected chi connectivity index (χ3v) is 3.20. The molecule has 0 unspecified atom stereocenters. The molecule has 3 rings (SSSR count). The lowest BCUT2D eigenvalue weighted by Gasteiger charge is -2.27. The maximum atomic E-state index is 12.3. The van der Waals surface area contributed by atoms with Gasteiger partial charge in [0.2, 0.25) is 5.91 Å². The van der Waals surface area contributed by atoms with E-state index in [1.165, 1.54) is 17.6 Å². The summed E-state index contributed by atoms with van der Waals surface area (Å²) in [7, 11) is 0. The molecular formula is C13H15N5O3. The third-order valence-electron chi connectivity index (χ3n) is 3.20. The van der Waals surface area contributed by atoms with Crippen LogP contribution in [0.25, 0.3) is 5.65 Å². The zero-order valence-corrected chi connectivity index (χ0v) is 11.6. The molecule has 8 nitrogen and oxygen atoms in total. The number of hydrogen-bond donors (Lipinski definition) is 1. The normalized spacial score (nSPS) is 15.2. The van der Waals surface area contributed by atoms with Gasteiger partial charge in [0.1, 0.15) is 11.5 Å². The van der Waals surface area contributed by atoms with Crippen molar-refractivity contribution < 1.29 is 9.53 Å². The lowest BCUT2D eigenvalue weighted by Crippen LogP contribution is -2.37. The number of aromatic nitrogens is 3. The van der Waals surface area contributed by atoms with Crippen molar-refractivity contribution in [1.29, 1.82) is 0 Å². The quantitative estimate of drug-likeness (QED) is 0.829. The summed E-state index contributed by atoms with van der Waals surface area (Å²) in [5.74, 6) is 0.368. The van der Waals surface area contributed by atoms with Crippen molar-refractivity contribution in [3.05, 3.63) is 28.7 Å². The second-order valence-electron chi connectivity index (χ2n) is 4.72. The Morgan fingerprint density at radius 2 is 2.10 bits per heavy atom. The fourth-order valence-electron chi connectivity index (χ4n) is 2.19. The van der Waals surface area contributed by atoms with Crippen LogP contribution in [-0.4, -0.2) is 46.8 Å². The van der Waals surface area contributed by atoms with E-state index in [4.69, 9.17) is 4.74 Å². The van der Waals surface area contributed by atoms with Crippen molar-refractivity contribution in [3.8, 4) is 0 Å². The number of nitrogens with zero attached hydrogens (tertiary/aromatic N) is 4. The summed E-state index contributed by atoms with van der Waals surface area (Å²) in [5.41, 5.74) is 0.156. The van der Waals surface area contributed by atoms with Crippen molar-refractivity contribution in [1.82, 2.24) is 14.6 Å². The average Bonchev–Trinajstić information content (AvgIpc) is 2.50. The first-order chi connectivity index (χ1) is 10.1. The van der Waals surface area contributed by atoms with Gasteiger partial charge in [0.25, 0.3) is 5.56 Å². The molecule has 1 aliphatic rings. The molecule has 0 aliphatic carbocycles. The summed E-state index contributed by atoms with van der Waals surface area (Å²) in [6.07, 6.45) is 1.34. The molecule has 0 aromatic carbocycles. The number of carbonyl (C=O) groups excluding carboxylic acids is 1. The highest BCUT2D eigenvalue weighted by Crippen LogP contribution is 2.12. The molecule has 1 N–H and O–H groups in total. The number of anilines is 2. The smallest absolute Gasteiger partial charge is 0.298 e. The molecule has 21 heavy (non-hydrogen) atoms. The molecule has 2 aromatic heterocycles. The van der Waals surface area contributed by atoms with Crippen LogP contribution < -0.4 is 15.8 Å². The summed E-state index contributed by atoms with van der Waals surface area (Å²) < 4.78 is 6.50. The Bertz CT molecular complexity index is 736. The van der Waals surface area contributed by atoms with Gasteiger partial charge in [0.05, 0.1) is 19.4 Å². The first-order valence-corrected chi connectivity index (χ1v) is 6.64. The molecule has 1 saturated heterocycles. The van der Waals surface area contributed by atoms with Crippen LogP contribution in [0, 0.1) is 0 Å². The van der Waals surface area contributed by atoms with Crippen LogP contribution in [0.2, 0.25) is 0 Å². The highest BCUT2D eigenvalue weighted by molar-refractivity contribution is 5.88. The lowest BCUT2D eigenvalue weighted by molar-refractivity contribution is -0.114. The molecule has 1 fully saturated rings. The van der Waals surface area contributed by atoms with E-state index in [-0.39, 0.29) is 11.6 Å². The number of ether oxygens (including phenoxy) is 1. The number of nitrogens with one attached hydrogen (secondary N) is 1. The Morgan fingerprint density at radius 3 is 2.81 bits per heavy atom. The summed E-state index contributed by atoms with van der Waals surface area (Å²) in [4.78, 5) is 29.6. The van der Waals surface area contributed by atoms with Crippen LogP contribution in [0.3, 0.4) is 0 Å². The molecule has 1 aliphatic heterocycles. The van der Waals surface area contributed by atoms with Crippen LogP contribution in [0.15, 0.2) is 23.1 Å². The fourth-order valence-corrected chi connectivity index (χ4v) is 2.19. The van der Waals surface area contributed by atoms with Gasteiger partial charge in [-0.25, -0.2) is 4.98 Å². The first kappa shape index (κ1) is 13.5. The molecule has 0 atom stereocenters.